The highest BCUT2D eigenvalue weighted by Gasteiger charge is 2.06. The first-order chi connectivity index (χ1) is 8.22. The summed E-state index contributed by atoms with van der Waals surface area (Å²) in [5.74, 6) is -0.292. The average Bonchev–Trinajstić information content (AvgIpc) is 2.34. The molecular weight excluding hydrogens is 280 g/mol. The fourth-order valence-electron chi connectivity index (χ4n) is 1.64. The van der Waals surface area contributed by atoms with Gasteiger partial charge in [0.2, 0.25) is 5.91 Å². The average molecular weight is 289 g/mol. The normalized spacial score (nSPS) is 9.88. The van der Waals surface area contributed by atoms with Gasteiger partial charge in [-0.05, 0) is 17.5 Å². The zero-order chi connectivity index (χ0) is 12.3. The summed E-state index contributed by atoms with van der Waals surface area (Å²) >= 11 is 3.46. The van der Waals surface area contributed by atoms with Crippen LogP contribution in [-0.2, 0) is 4.79 Å². The molecule has 0 bridgehead atoms. The van der Waals surface area contributed by atoms with E-state index in [2.05, 4.69) is 21.2 Å². The van der Waals surface area contributed by atoms with Gasteiger partial charge in [0, 0.05) is 15.5 Å². The Labute approximate surface area is 107 Å². The van der Waals surface area contributed by atoms with Gasteiger partial charge in [-0.15, -0.1) is 0 Å². The van der Waals surface area contributed by atoms with E-state index in [-0.39, 0.29) is 12.3 Å². The van der Waals surface area contributed by atoms with Crippen LogP contribution in [-0.4, -0.2) is 5.91 Å². The molecule has 0 fully saturated rings. The molecule has 0 atom stereocenters. The molecule has 2 aromatic carbocycles. The van der Waals surface area contributed by atoms with Crippen LogP contribution in [0.5, 0.6) is 0 Å². The Bertz CT molecular complexity index is 616. The number of carbonyl (C=O) groups is 1. The Balaban J connectivity index is 2.45. The Morgan fingerprint density at radius 2 is 1.94 bits per heavy atom. The molecule has 0 saturated carbocycles. The zero-order valence-electron chi connectivity index (χ0n) is 8.90. The van der Waals surface area contributed by atoms with E-state index in [0.717, 1.165) is 20.9 Å². The molecule has 0 unspecified atom stereocenters. The molecular formula is C13H9BrN2O. The second kappa shape index (κ2) is 4.98. The van der Waals surface area contributed by atoms with Crippen LogP contribution in [0.15, 0.2) is 40.9 Å². The number of rotatable bonds is 2. The van der Waals surface area contributed by atoms with E-state index in [9.17, 15) is 4.79 Å². The molecule has 0 aliphatic heterocycles. The predicted molar refractivity (Wildman–Crippen MR) is 70.5 cm³/mol. The summed E-state index contributed by atoms with van der Waals surface area (Å²) in [6.45, 7) is 0. The Morgan fingerprint density at radius 3 is 2.65 bits per heavy atom. The lowest BCUT2D eigenvalue weighted by molar-refractivity contribution is -0.115. The van der Waals surface area contributed by atoms with Crippen molar-refractivity contribution < 1.29 is 4.79 Å². The third-order valence-corrected chi connectivity index (χ3v) is 3.08. The number of benzene rings is 2. The number of nitriles is 1. The van der Waals surface area contributed by atoms with Crippen LogP contribution in [0.25, 0.3) is 10.8 Å². The van der Waals surface area contributed by atoms with Crippen molar-refractivity contribution in [2.45, 2.75) is 6.42 Å². The Kier molecular flexibility index (Phi) is 3.40. The summed E-state index contributed by atoms with van der Waals surface area (Å²) in [4.78, 5) is 11.4. The molecule has 2 aromatic rings. The molecule has 0 saturated heterocycles. The van der Waals surface area contributed by atoms with Gasteiger partial charge in [-0.25, -0.2) is 0 Å². The second-order valence-electron chi connectivity index (χ2n) is 3.52. The van der Waals surface area contributed by atoms with Gasteiger partial charge in [0.25, 0.3) is 0 Å². The lowest BCUT2D eigenvalue weighted by Gasteiger charge is -2.08. The number of nitrogens with one attached hydrogen (secondary N) is 1. The minimum Gasteiger partial charge on any atom is -0.325 e. The SMILES string of the molecule is N#CCC(=O)Nc1ccc(Br)c2ccccc12. The van der Waals surface area contributed by atoms with E-state index in [4.69, 9.17) is 5.26 Å². The van der Waals surface area contributed by atoms with Gasteiger partial charge < -0.3 is 5.32 Å². The Hall–Kier alpha value is -1.86. The molecule has 0 spiro atoms. The van der Waals surface area contributed by atoms with Gasteiger partial charge in [-0.3, -0.25) is 4.79 Å². The van der Waals surface area contributed by atoms with E-state index in [1.165, 1.54) is 0 Å². The lowest BCUT2D eigenvalue weighted by Crippen LogP contribution is -2.10. The zero-order valence-corrected chi connectivity index (χ0v) is 10.5. The Morgan fingerprint density at radius 1 is 1.24 bits per heavy atom. The molecule has 84 valence electrons. The first kappa shape index (κ1) is 11.6. The largest absolute Gasteiger partial charge is 0.325 e. The lowest BCUT2D eigenvalue weighted by atomic mass is 10.1. The van der Waals surface area contributed by atoms with Crippen LogP contribution in [0, 0.1) is 11.3 Å². The number of halogens is 1. The van der Waals surface area contributed by atoms with Gasteiger partial charge in [0.15, 0.2) is 0 Å². The third kappa shape index (κ3) is 2.45. The van der Waals surface area contributed by atoms with Crippen LogP contribution in [0.4, 0.5) is 5.69 Å². The summed E-state index contributed by atoms with van der Waals surface area (Å²) in [7, 11) is 0. The third-order valence-electron chi connectivity index (χ3n) is 2.38. The van der Waals surface area contributed by atoms with Crippen LogP contribution in [0.2, 0.25) is 0 Å². The molecule has 1 amide bonds. The maximum Gasteiger partial charge on any atom is 0.238 e. The second-order valence-corrected chi connectivity index (χ2v) is 4.38. The van der Waals surface area contributed by atoms with Crippen LogP contribution < -0.4 is 5.32 Å². The van der Waals surface area contributed by atoms with E-state index < -0.39 is 0 Å². The summed E-state index contributed by atoms with van der Waals surface area (Å²) in [5.41, 5.74) is 0.726. The van der Waals surface area contributed by atoms with Crippen molar-refractivity contribution in [2.24, 2.45) is 0 Å². The number of anilines is 1. The van der Waals surface area contributed by atoms with Crippen molar-refractivity contribution in [3.8, 4) is 6.07 Å². The highest BCUT2D eigenvalue weighted by molar-refractivity contribution is 9.10. The maximum absolute atomic E-state index is 11.4. The predicted octanol–water partition coefficient (Wildman–Crippen LogP) is 3.45. The summed E-state index contributed by atoms with van der Waals surface area (Å²) < 4.78 is 0.978. The fourth-order valence-corrected chi connectivity index (χ4v) is 2.12. The summed E-state index contributed by atoms with van der Waals surface area (Å²) in [6.07, 6.45) is -0.135. The monoisotopic (exact) mass is 288 g/mol. The van der Waals surface area contributed by atoms with E-state index in [1.54, 1.807) is 0 Å². The van der Waals surface area contributed by atoms with Crippen molar-refractivity contribution in [3.05, 3.63) is 40.9 Å². The van der Waals surface area contributed by atoms with Crippen LogP contribution in [0.3, 0.4) is 0 Å². The van der Waals surface area contributed by atoms with Crippen molar-refractivity contribution in [1.29, 1.82) is 5.26 Å². The van der Waals surface area contributed by atoms with E-state index in [1.807, 2.05) is 42.5 Å². The summed E-state index contributed by atoms with van der Waals surface area (Å²) in [5, 5.41) is 13.2. The smallest absolute Gasteiger partial charge is 0.238 e. The van der Waals surface area contributed by atoms with Crippen molar-refractivity contribution in [1.82, 2.24) is 0 Å². The number of hydrogen-bond acceptors (Lipinski definition) is 2. The maximum atomic E-state index is 11.4. The molecule has 0 aliphatic rings. The highest BCUT2D eigenvalue weighted by atomic mass is 79.9. The minimum absolute atomic E-state index is 0.135. The van der Waals surface area contributed by atoms with Crippen molar-refractivity contribution in [3.63, 3.8) is 0 Å². The first-order valence-electron chi connectivity index (χ1n) is 5.06. The minimum atomic E-state index is -0.292. The molecule has 0 aromatic heterocycles. The number of amides is 1. The number of fused-ring (bicyclic) bond motifs is 1. The van der Waals surface area contributed by atoms with Gasteiger partial charge in [-0.2, -0.15) is 5.26 Å². The molecule has 0 aliphatic carbocycles. The van der Waals surface area contributed by atoms with E-state index in [0.29, 0.717) is 0 Å². The highest BCUT2D eigenvalue weighted by Crippen LogP contribution is 2.29. The number of hydrogen-bond donors (Lipinski definition) is 1. The van der Waals surface area contributed by atoms with Gasteiger partial charge >= 0.3 is 0 Å². The summed E-state index contributed by atoms with van der Waals surface area (Å²) in [6, 6.07) is 13.3. The molecule has 3 nitrogen and oxygen atoms in total. The van der Waals surface area contributed by atoms with Crippen molar-refractivity contribution in [2.75, 3.05) is 5.32 Å². The fraction of sp³-hybridized carbons (Fsp3) is 0.0769. The topological polar surface area (TPSA) is 52.9 Å². The van der Waals surface area contributed by atoms with Crippen LogP contribution in [0.1, 0.15) is 6.42 Å². The standard InChI is InChI=1S/C13H9BrN2O/c14-11-5-6-12(16-13(17)7-8-15)10-4-2-1-3-9(10)11/h1-6H,7H2,(H,16,17). The van der Waals surface area contributed by atoms with Gasteiger partial charge in [-0.1, -0.05) is 40.2 Å². The number of nitrogens with zero attached hydrogens (tertiary/aromatic N) is 1. The van der Waals surface area contributed by atoms with Crippen molar-refractivity contribution >= 4 is 38.3 Å². The molecule has 1 N–H and O–H groups in total. The van der Waals surface area contributed by atoms with Crippen LogP contribution >= 0.6 is 15.9 Å². The molecule has 0 radical (unpaired) electrons. The molecule has 2 rings (SSSR count). The van der Waals surface area contributed by atoms with Gasteiger partial charge in [0.1, 0.15) is 6.42 Å². The molecule has 4 heteroatoms. The first-order valence-corrected chi connectivity index (χ1v) is 5.85. The molecule has 17 heavy (non-hydrogen) atoms. The quantitative estimate of drug-likeness (QED) is 0.920. The molecule has 0 heterocycles. The van der Waals surface area contributed by atoms with E-state index >= 15 is 0 Å². The van der Waals surface area contributed by atoms with Gasteiger partial charge in [0.05, 0.1) is 6.07 Å². The number of carbonyl (C=O) groups excluding carboxylic acids is 1.